The number of nitrogens with zero attached hydrogens (tertiary/aromatic N) is 3. The van der Waals surface area contributed by atoms with E-state index in [-0.39, 0.29) is 18.3 Å². The first-order chi connectivity index (χ1) is 16.4. The summed E-state index contributed by atoms with van der Waals surface area (Å²) in [4.78, 5) is 19.3. The molecule has 1 aliphatic heterocycles. The number of piperidine rings is 1. The summed E-state index contributed by atoms with van der Waals surface area (Å²) in [6, 6.07) is 16.9. The SMILES string of the molecule is C[C@@H](C(=O)N1CCC(c2ccc(S(=O)(=O)Nc3nccs3)cc2)CC1)n1ccc2ccccc21.[HH]. The van der Waals surface area contributed by atoms with E-state index in [9.17, 15) is 13.2 Å². The molecule has 3 heterocycles. The smallest absolute Gasteiger partial charge is 0.263 e. The number of benzene rings is 2. The van der Waals surface area contributed by atoms with E-state index in [0.717, 1.165) is 29.3 Å². The summed E-state index contributed by atoms with van der Waals surface area (Å²) in [6.07, 6.45) is 5.26. The maximum atomic E-state index is 13.2. The Bertz CT molecular complexity index is 1390. The first-order valence-corrected chi connectivity index (χ1v) is 13.7. The van der Waals surface area contributed by atoms with E-state index >= 15 is 0 Å². The molecule has 2 aromatic heterocycles. The second kappa shape index (κ2) is 9.23. The Morgan fingerprint density at radius 2 is 1.85 bits per heavy atom. The van der Waals surface area contributed by atoms with Gasteiger partial charge in [-0.25, -0.2) is 13.4 Å². The largest absolute Gasteiger partial charge is 0.341 e. The van der Waals surface area contributed by atoms with Gasteiger partial charge in [0.15, 0.2) is 5.13 Å². The molecule has 1 aliphatic rings. The first kappa shape index (κ1) is 22.6. The fourth-order valence-electron chi connectivity index (χ4n) is 4.63. The van der Waals surface area contributed by atoms with Crippen molar-refractivity contribution in [3.05, 3.63) is 77.9 Å². The second-order valence-corrected chi connectivity index (χ2v) is 11.1. The molecule has 0 radical (unpaired) electrons. The average molecular weight is 497 g/mol. The van der Waals surface area contributed by atoms with Crippen molar-refractivity contribution in [3.63, 3.8) is 0 Å². The lowest BCUT2D eigenvalue weighted by Crippen LogP contribution is -2.41. The van der Waals surface area contributed by atoms with Gasteiger partial charge in [-0.1, -0.05) is 30.3 Å². The van der Waals surface area contributed by atoms with Crippen molar-refractivity contribution in [2.45, 2.75) is 36.6 Å². The maximum Gasteiger partial charge on any atom is 0.263 e. The Morgan fingerprint density at radius 1 is 1.12 bits per heavy atom. The summed E-state index contributed by atoms with van der Waals surface area (Å²) in [5, 5.41) is 3.20. The lowest BCUT2D eigenvalue weighted by Gasteiger charge is -2.34. The highest BCUT2D eigenvalue weighted by Gasteiger charge is 2.28. The molecule has 2 aromatic carbocycles. The van der Waals surface area contributed by atoms with Crippen molar-refractivity contribution in [1.82, 2.24) is 14.5 Å². The number of para-hydroxylation sites is 1. The highest BCUT2D eigenvalue weighted by atomic mass is 32.2. The molecule has 178 valence electrons. The molecule has 1 N–H and O–H groups in total. The number of carbonyl (C=O) groups is 1. The number of hydrogen-bond acceptors (Lipinski definition) is 5. The molecule has 1 fully saturated rings. The third-order valence-corrected chi connectivity index (χ3v) is 8.70. The zero-order chi connectivity index (χ0) is 23.7. The van der Waals surface area contributed by atoms with Crippen LogP contribution in [0.4, 0.5) is 5.13 Å². The van der Waals surface area contributed by atoms with Gasteiger partial charge in [-0.3, -0.25) is 9.52 Å². The molecule has 1 atom stereocenters. The van der Waals surface area contributed by atoms with Gasteiger partial charge in [-0.05, 0) is 60.9 Å². The van der Waals surface area contributed by atoms with Crippen LogP contribution in [0, 0.1) is 0 Å². The minimum atomic E-state index is -3.65. The third kappa shape index (κ3) is 4.45. The number of fused-ring (bicyclic) bond motifs is 1. The van der Waals surface area contributed by atoms with Crippen molar-refractivity contribution in [1.29, 1.82) is 0 Å². The normalized spacial score (nSPS) is 16.0. The van der Waals surface area contributed by atoms with Crippen molar-refractivity contribution >= 4 is 43.3 Å². The van der Waals surface area contributed by atoms with Gasteiger partial charge < -0.3 is 9.47 Å². The number of amides is 1. The summed E-state index contributed by atoms with van der Waals surface area (Å²) in [5.74, 6) is 0.435. The molecule has 1 saturated heterocycles. The van der Waals surface area contributed by atoms with Gasteiger partial charge in [-0.15, -0.1) is 11.3 Å². The quantitative estimate of drug-likeness (QED) is 0.402. The molecule has 1 amide bonds. The van der Waals surface area contributed by atoms with Crippen molar-refractivity contribution < 1.29 is 14.6 Å². The highest BCUT2D eigenvalue weighted by Crippen LogP contribution is 2.31. The number of carbonyl (C=O) groups excluding carboxylic acids is 1. The summed E-state index contributed by atoms with van der Waals surface area (Å²) in [5.41, 5.74) is 2.17. The van der Waals surface area contributed by atoms with Gasteiger partial charge in [0.1, 0.15) is 6.04 Å². The summed E-state index contributed by atoms with van der Waals surface area (Å²) in [7, 11) is -3.65. The number of hydrogen-bond donors (Lipinski definition) is 1. The minimum absolute atomic E-state index is 0. The minimum Gasteiger partial charge on any atom is -0.341 e. The van der Waals surface area contributed by atoms with Crippen LogP contribution >= 0.6 is 11.3 Å². The van der Waals surface area contributed by atoms with Crippen LogP contribution in [0.15, 0.2) is 77.3 Å². The van der Waals surface area contributed by atoms with E-state index in [1.165, 1.54) is 11.3 Å². The molecule has 7 nitrogen and oxygen atoms in total. The van der Waals surface area contributed by atoms with Crippen LogP contribution in [0.2, 0.25) is 0 Å². The van der Waals surface area contributed by atoms with Crippen molar-refractivity contribution in [2.75, 3.05) is 17.8 Å². The number of anilines is 1. The van der Waals surface area contributed by atoms with Crippen LogP contribution in [0.3, 0.4) is 0 Å². The van der Waals surface area contributed by atoms with Crippen LogP contribution in [0.25, 0.3) is 10.9 Å². The van der Waals surface area contributed by atoms with Gasteiger partial charge in [0.25, 0.3) is 10.0 Å². The van der Waals surface area contributed by atoms with Crippen molar-refractivity contribution in [3.8, 4) is 0 Å². The van der Waals surface area contributed by atoms with Crippen LogP contribution in [-0.4, -0.2) is 41.9 Å². The highest BCUT2D eigenvalue weighted by molar-refractivity contribution is 7.93. The Labute approximate surface area is 204 Å². The Balaban J connectivity index is 0.00000289. The monoisotopic (exact) mass is 496 g/mol. The van der Waals surface area contributed by atoms with E-state index < -0.39 is 10.0 Å². The zero-order valence-corrected chi connectivity index (χ0v) is 20.4. The topological polar surface area (TPSA) is 84.3 Å². The fourth-order valence-corrected chi connectivity index (χ4v) is 6.41. The van der Waals surface area contributed by atoms with Gasteiger partial charge >= 0.3 is 0 Å². The van der Waals surface area contributed by atoms with Crippen molar-refractivity contribution in [2.24, 2.45) is 0 Å². The summed E-state index contributed by atoms with van der Waals surface area (Å²) < 4.78 is 29.7. The second-order valence-electron chi connectivity index (χ2n) is 8.57. The fraction of sp³-hybridized carbons (Fsp3) is 0.280. The molecule has 0 saturated carbocycles. The lowest BCUT2D eigenvalue weighted by molar-refractivity contribution is -0.135. The summed E-state index contributed by atoms with van der Waals surface area (Å²) in [6.45, 7) is 3.34. The van der Waals surface area contributed by atoms with Crippen LogP contribution in [0.1, 0.15) is 38.7 Å². The van der Waals surface area contributed by atoms with Crippen LogP contribution < -0.4 is 4.72 Å². The summed E-state index contributed by atoms with van der Waals surface area (Å²) >= 11 is 1.24. The molecule has 0 unspecified atom stereocenters. The van der Waals surface area contributed by atoms with Gasteiger partial charge in [0.2, 0.25) is 5.91 Å². The predicted octanol–water partition coefficient (Wildman–Crippen LogP) is 5.11. The van der Waals surface area contributed by atoms with E-state index in [1.54, 1.807) is 23.7 Å². The zero-order valence-electron chi connectivity index (χ0n) is 18.8. The molecule has 0 aliphatic carbocycles. The van der Waals surface area contributed by atoms with Gasteiger partial charge in [0, 0.05) is 37.8 Å². The van der Waals surface area contributed by atoms with E-state index in [0.29, 0.717) is 24.1 Å². The third-order valence-electron chi connectivity index (χ3n) is 6.53. The van der Waals surface area contributed by atoms with Crippen LogP contribution in [0.5, 0.6) is 0 Å². The molecule has 34 heavy (non-hydrogen) atoms. The predicted molar refractivity (Wildman–Crippen MR) is 137 cm³/mol. The van der Waals surface area contributed by atoms with Gasteiger partial charge in [-0.2, -0.15) is 0 Å². The number of nitrogens with one attached hydrogen (secondary N) is 1. The van der Waals surface area contributed by atoms with E-state index in [4.69, 9.17) is 0 Å². The number of sulfonamides is 1. The Morgan fingerprint density at radius 3 is 2.56 bits per heavy atom. The molecule has 4 aromatic rings. The maximum absolute atomic E-state index is 13.2. The first-order valence-electron chi connectivity index (χ1n) is 11.3. The number of aromatic nitrogens is 2. The molecule has 9 heteroatoms. The molecular weight excluding hydrogens is 468 g/mol. The molecule has 5 rings (SSSR count). The van der Waals surface area contributed by atoms with Gasteiger partial charge in [0.05, 0.1) is 4.90 Å². The number of thiazole rings is 1. The Hall–Kier alpha value is -3.17. The van der Waals surface area contributed by atoms with Crippen LogP contribution in [-0.2, 0) is 14.8 Å². The molecular formula is C25H28N4O3S2. The lowest BCUT2D eigenvalue weighted by atomic mass is 9.89. The molecule has 0 bridgehead atoms. The Kier molecular flexibility index (Phi) is 6.14. The average Bonchev–Trinajstić information content (AvgIpc) is 3.53. The standard InChI is InChI=1S/C25H26N4O3S2.H2/c1-18(29-16-12-21-4-2-3-5-23(21)29)24(30)28-14-10-20(11-15-28)19-6-8-22(9-7-19)34(31,32)27-25-26-13-17-33-25;/h2-9,12-13,16-18,20H,10-11,14-15H2,1H3,(H,26,27);1H/t18-;/m0./s1. The van der Waals surface area contributed by atoms with E-state index in [1.807, 2.05) is 59.0 Å². The molecule has 0 spiro atoms. The number of likely N-dealkylation sites (tertiary alicyclic amines) is 1. The van der Waals surface area contributed by atoms with E-state index in [2.05, 4.69) is 15.8 Å². The number of rotatable bonds is 6.